The number of rotatable bonds is 7. The van der Waals surface area contributed by atoms with Crippen LogP contribution in [0.25, 0.3) is 17.0 Å². The Morgan fingerprint density at radius 3 is 2.63 bits per heavy atom. The number of carbonyl (C=O) groups excluding carboxylic acids is 1. The van der Waals surface area contributed by atoms with Crippen molar-refractivity contribution in [3.8, 4) is 0 Å². The number of hydrogen-bond acceptors (Lipinski definition) is 4. The van der Waals surface area contributed by atoms with Crippen LogP contribution < -0.4 is 0 Å². The predicted molar refractivity (Wildman–Crippen MR) is 129 cm³/mol. The van der Waals surface area contributed by atoms with E-state index in [1.54, 1.807) is 7.05 Å². The van der Waals surface area contributed by atoms with Gasteiger partial charge >= 0.3 is 5.97 Å². The molecule has 1 aliphatic heterocycles. The van der Waals surface area contributed by atoms with E-state index in [2.05, 4.69) is 39.3 Å². The molecule has 2 aromatic rings. The lowest BCUT2D eigenvalue weighted by Gasteiger charge is -2.32. The van der Waals surface area contributed by atoms with Crippen molar-refractivity contribution in [1.29, 1.82) is 0 Å². The fourth-order valence-electron chi connectivity index (χ4n) is 4.11. The Morgan fingerprint density at radius 2 is 2.03 bits per heavy atom. The summed E-state index contributed by atoms with van der Waals surface area (Å²) in [4.78, 5) is 13.0. The zero-order chi connectivity index (χ0) is 22.1. The molecule has 0 bridgehead atoms. The largest absolute Gasteiger partial charge is 0.467 e. The SMILES string of the molecule is C/C=C(/CN(C)S(C)(=O)=O)[C@@H]1C=Cc2c(CCI)c3ccccc3n2[C@H]1C(=O)OC. The van der Waals surface area contributed by atoms with E-state index in [1.165, 1.54) is 23.2 Å². The average Bonchev–Trinajstić information content (AvgIpc) is 3.04. The van der Waals surface area contributed by atoms with Crippen molar-refractivity contribution in [3.63, 3.8) is 0 Å². The number of aromatic nitrogens is 1. The van der Waals surface area contributed by atoms with E-state index < -0.39 is 16.1 Å². The van der Waals surface area contributed by atoms with E-state index in [-0.39, 0.29) is 18.4 Å². The lowest BCUT2D eigenvalue weighted by molar-refractivity contribution is -0.145. The topological polar surface area (TPSA) is 68.6 Å². The minimum atomic E-state index is -3.34. The lowest BCUT2D eigenvalue weighted by Crippen LogP contribution is -2.35. The van der Waals surface area contributed by atoms with Crippen LogP contribution in [0.15, 0.2) is 42.0 Å². The van der Waals surface area contributed by atoms with E-state index in [4.69, 9.17) is 4.74 Å². The van der Waals surface area contributed by atoms with Crippen LogP contribution in [0, 0.1) is 5.92 Å². The molecule has 0 saturated heterocycles. The highest BCUT2D eigenvalue weighted by Gasteiger charge is 2.37. The second-order valence-corrected chi connectivity index (χ2v) is 10.6. The number of aryl methyl sites for hydroxylation is 1. The highest BCUT2D eigenvalue weighted by Crippen LogP contribution is 2.41. The summed E-state index contributed by atoms with van der Waals surface area (Å²) in [7, 11) is -0.399. The normalized spacial score (nSPS) is 19.3. The Hall–Kier alpha value is -1.65. The van der Waals surface area contributed by atoms with Crippen molar-refractivity contribution < 1.29 is 17.9 Å². The highest BCUT2D eigenvalue weighted by atomic mass is 127. The molecule has 1 aromatic heterocycles. The molecule has 0 unspecified atom stereocenters. The number of carbonyl (C=O) groups is 1. The van der Waals surface area contributed by atoms with Gasteiger partial charge in [-0.3, -0.25) is 0 Å². The van der Waals surface area contributed by atoms with Gasteiger partial charge in [0.25, 0.3) is 0 Å². The van der Waals surface area contributed by atoms with E-state index in [0.29, 0.717) is 0 Å². The minimum absolute atomic E-state index is 0.215. The molecule has 162 valence electrons. The van der Waals surface area contributed by atoms with E-state index in [0.717, 1.165) is 33.0 Å². The number of likely N-dealkylation sites (N-methyl/N-ethyl adjacent to an activating group) is 1. The average molecular weight is 542 g/mol. The molecule has 2 heterocycles. The maximum atomic E-state index is 13.0. The third-order valence-electron chi connectivity index (χ3n) is 5.69. The zero-order valence-corrected chi connectivity index (χ0v) is 20.6. The third kappa shape index (κ3) is 4.22. The van der Waals surface area contributed by atoms with Gasteiger partial charge in [-0.25, -0.2) is 17.5 Å². The lowest BCUT2D eigenvalue weighted by atomic mass is 9.87. The van der Waals surface area contributed by atoms with Gasteiger partial charge in [-0.1, -0.05) is 52.9 Å². The van der Waals surface area contributed by atoms with Crippen molar-refractivity contribution in [1.82, 2.24) is 8.87 Å². The molecule has 2 atom stereocenters. The van der Waals surface area contributed by atoms with Gasteiger partial charge in [0.05, 0.1) is 13.4 Å². The van der Waals surface area contributed by atoms with Gasteiger partial charge in [-0.15, -0.1) is 0 Å². The van der Waals surface area contributed by atoms with Gasteiger partial charge in [0.15, 0.2) is 0 Å². The van der Waals surface area contributed by atoms with Crippen molar-refractivity contribution >= 4 is 55.6 Å². The summed E-state index contributed by atoms with van der Waals surface area (Å²) in [5.41, 5.74) is 4.09. The summed E-state index contributed by atoms with van der Waals surface area (Å²) in [6.07, 6.45) is 8.06. The van der Waals surface area contributed by atoms with Crippen LogP contribution in [0.2, 0.25) is 0 Å². The van der Waals surface area contributed by atoms with Crippen LogP contribution in [0.4, 0.5) is 0 Å². The number of allylic oxidation sites excluding steroid dienone is 2. The quantitative estimate of drug-likeness (QED) is 0.231. The van der Waals surface area contributed by atoms with Crippen molar-refractivity contribution in [2.24, 2.45) is 5.92 Å². The summed E-state index contributed by atoms with van der Waals surface area (Å²) in [6.45, 7) is 2.09. The number of fused-ring (bicyclic) bond motifs is 3. The fourth-order valence-corrected chi connectivity index (χ4v) is 5.04. The van der Waals surface area contributed by atoms with Crippen LogP contribution in [-0.4, -0.2) is 54.6 Å². The molecule has 0 aliphatic carbocycles. The predicted octanol–water partition coefficient (Wildman–Crippen LogP) is 3.81. The number of ether oxygens (including phenoxy) is 1. The Balaban J connectivity index is 2.17. The van der Waals surface area contributed by atoms with Crippen molar-refractivity contribution in [2.75, 3.05) is 31.4 Å². The van der Waals surface area contributed by atoms with E-state index in [1.807, 2.05) is 37.3 Å². The first-order valence-electron chi connectivity index (χ1n) is 9.74. The summed E-state index contributed by atoms with van der Waals surface area (Å²) >= 11 is 2.37. The molecule has 30 heavy (non-hydrogen) atoms. The van der Waals surface area contributed by atoms with Crippen molar-refractivity contribution in [3.05, 3.63) is 53.2 Å². The third-order valence-corrected chi connectivity index (χ3v) is 7.50. The Kier molecular flexibility index (Phi) is 7.09. The van der Waals surface area contributed by atoms with Crippen LogP contribution in [0.5, 0.6) is 0 Å². The number of methoxy groups -OCH3 is 1. The Bertz CT molecular complexity index is 1120. The molecule has 8 heteroatoms. The number of alkyl halides is 1. The van der Waals surface area contributed by atoms with Gasteiger partial charge < -0.3 is 9.30 Å². The first-order chi connectivity index (χ1) is 14.2. The zero-order valence-electron chi connectivity index (χ0n) is 17.6. The van der Waals surface area contributed by atoms with Gasteiger partial charge in [0.1, 0.15) is 6.04 Å². The maximum Gasteiger partial charge on any atom is 0.329 e. The van der Waals surface area contributed by atoms with Gasteiger partial charge in [0.2, 0.25) is 10.0 Å². The molecular weight excluding hydrogens is 515 g/mol. The molecule has 0 spiro atoms. The number of hydrogen-bond donors (Lipinski definition) is 0. The molecule has 1 aromatic carbocycles. The van der Waals surface area contributed by atoms with Crippen LogP contribution in [-0.2, 0) is 26.0 Å². The summed E-state index contributed by atoms with van der Waals surface area (Å²) in [6, 6.07) is 7.51. The second kappa shape index (κ2) is 9.23. The van der Waals surface area contributed by atoms with E-state index in [9.17, 15) is 13.2 Å². The maximum absolute atomic E-state index is 13.0. The summed E-state index contributed by atoms with van der Waals surface area (Å²) in [5.74, 6) is -0.642. The number of esters is 1. The second-order valence-electron chi connectivity index (χ2n) is 7.43. The van der Waals surface area contributed by atoms with E-state index >= 15 is 0 Å². The number of nitrogens with zero attached hydrogens (tertiary/aromatic N) is 2. The van der Waals surface area contributed by atoms with Crippen LogP contribution >= 0.6 is 22.6 Å². The number of halogens is 1. The van der Waals surface area contributed by atoms with Crippen molar-refractivity contribution in [2.45, 2.75) is 19.4 Å². The molecule has 0 fully saturated rings. The molecule has 3 rings (SSSR count). The molecule has 6 nitrogen and oxygen atoms in total. The monoisotopic (exact) mass is 542 g/mol. The Morgan fingerprint density at radius 1 is 1.33 bits per heavy atom. The number of benzene rings is 1. The number of sulfonamides is 1. The summed E-state index contributed by atoms with van der Waals surface area (Å²) < 4.78 is 33.5. The fraction of sp³-hybridized carbons (Fsp3) is 0.409. The standard InChI is InChI=1S/C22H27IN2O4S/c1-5-15(14-24(2)30(4,27)28)16-10-11-20-18(12-13-23)17-8-6-7-9-19(17)25(20)21(16)22(26)29-3/h5-11,16,21H,12-14H2,1-4H3/b15-5-/t16-,21+/m0/s1. The molecular formula is C22H27IN2O4S. The molecule has 0 amide bonds. The minimum Gasteiger partial charge on any atom is -0.467 e. The first kappa shape index (κ1) is 23.0. The molecule has 1 aliphatic rings. The molecule has 0 saturated carbocycles. The van der Waals surface area contributed by atoms with Gasteiger partial charge in [0, 0.05) is 40.5 Å². The Labute approximate surface area is 191 Å². The molecule has 0 radical (unpaired) electrons. The number of para-hydroxylation sites is 1. The molecule has 0 N–H and O–H groups in total. The highest BCUT2D eigenvalue weighted by molar-refractivity contribution is 14.1. The van der Waals surface area contributed by atoms with Gasteiger partial charge in [-0.2, -0.15) is 0 Å². The van der Waals surface area contributed by atoms with Crippen LogP contribution in [0.1, 0.15) is 24.2 Å². The van der Waals surface area contributed by atoms with Gasteiger partial charge in [-0.05, 0) is 36.6 Å². The first-order valence-corrected chi connectivity index (χ1v) is 13.1. The summed E-state index contributed by atoms with van der Waals surface area (Å²) in [5, 5.41) is 1.14. The smallest absolute Gasteiger partial charge is 0.329 e. The van der Waals surface area contributed by atoms with Crippen LogP contribution in [0.3, 0.4) is 0 Å².